The van der Waals surface area contributed by atoms with Crippen molar-refractivity contribution in [2.45, 2.75) is 20.3 Å². The number of hydrogen-bond donors (Lipinski definition) is 2. The van der Waals surface area contributed by atoms with Gasteiger partial charge in [0.25, 0.3) is 0 Å². The Morgan fingerprint density at radius 3 is 2.43 bits per heavy atom. The van der Waals surface area contributed by atoms with Gasteiger partial charge in [0.15, 0.2) is 0 Å². The minimum Gasteiger partial charge on any atom is -0.478 e. The molecule has 0 radical (unpaired) electrons. The van der Waals surface area contributed by atoms with E-state index in [0.717, 1.165) is 34.5 Å². The maximum Gasteiger partial charge on any atom is 0.337 e. The highest BCUT2D eigenvalue weighted by Gasteiger charge is 2.16. The van der Waals surface area contributed by atoms with Gasteiger partial charge in [-0.05, 0) is 42.7 Å². The van der Waals surface area contributed by atoms with Crippen molar-refractivity contribution in [1.82, 2.24) is 9.78 Å². The molecule has 0 fully saturated rings. The third kappa shape index (κ3) is 3.82. The number of carboxylic acid groups (broad SMARTS) is 1. The molecule has 4 rings (SSSR count). The van der Waals surface area contributed by atoms with Crippen LogP contribution >= 0.6 is 0 Å². The summed E-state index contributed by atoms with van der Waals surface area (Å²) in [5.74, 6) is -0.257. The van der Waals surface area contributed by atoms with Gasteiger partial charge in [-0.15, -0.1) is 0 Å². The number of nitrogens with zero attached hydrogens (tertiary/aromatic N) is 2. The van der Waals surface area contributed by atoms with Crippen LogP contribution in [-0.2, 0) is 6.42 Å². The van der Waals surface area contributed by atoms with Crippen LogP contribution in [0.5, 0.6) is 0 Å². The molecule has 5 heteroatoms. The molecular formula is C25H23N3O2. The highest BCUT2D eigenvalue weighted by molar-refractivity contribution is 5.95. The first-order valence-corrected chi connectivity index (χ1v) is 9.91. The van der Waals surface area contributed by atoms with Crippen molar-refractivity contribution in [3.05, 3.63) is 95.6 Å². The molecule has 3 aromatic carbocycles. The topological polar surface area (TPSA) is 67.2 Å². The summed E-state index contributed by atoms with van der Waals surface area (Å²) in [5, 5.41) is 17.8. The number of hydrogen-bond acceptors (Lipinski definition) is 3. The van der Waals surface area contributed by atoms with Crippen LogP contribution < -0.4 is 5.32 Å². The predicted octanol–water partition coefficient (Wildman–Crippen LogP) is 5.85. The number of para-hydroxylation sites is 1. The van der Waals surface area contributed by atoms with Crippen LogP contribution in [0, 0.1) is 6.92 Å². The maximum absolute atomic E-state index is 11.9. The number of aryl methyl sites for hydroxylation is 2. The second kappa shape index (κ2) is 8.25. The number of aromatic carboxylic acids is 1. The van der Waals surface area contributed by atoms with E-state index in [0.29, 0.717) is 11.5 Å². The van der Waals surface area contributed by atoms with E-state index in [9.17, 15) is 9.90 Å². The second-order valence-electron chi connectivity index (χ2n) is 7.14. The summed E-state index contributed by atoms with van der Waals surface area (Å²) in [7, 11) is 0. The maximum atomic E-state index is 11.9. The predicted molar refractivity (Wildman–Crippen MR) is 120 cm³/mol. The molecule has 0 bridgehead atoms. The largest absolute Gasteiger partial charge is 0.478 e. The lowest BCUT2D eigenvalue weighted by atomic mass is 10.1. The zero-order chi connectivity index (χ0) is 21.1. The van der Waals surface area contributed by atoms with Gasteiger partial charge in [-0.2, -0.15) is 5.10 Å². The van der Waals surface area contributed by atoms with Crippen molar-refractivity contribution in [2.24, 2.45) is 0 Å². The molecule has 150 valence electrons. The van der Waals surface area contributed by atoms with E-state index in [1.807, 2.05) is 91.3 Å². The summed E-state index contributed by atoms with van der Waals surface area (Å²) in [4.78, 5) is 11.9. The molecule has 30 heavy (non-hydrogen) atoms. The first kappa shape index (κ1) is 19.5. The number of anilines is 2. The van der Waals surface area contributed by atoms with Gasteiger partial charge in [0, 0.05) is 11.6 Å². The quantitative estimate of drug-likeness (QED) is 0.428. The molecule has 4 aromatic rings. The molecule has 1 heterocycles. The third-order valence-corrected chi connectivity index (χ3v) is 5.11. The van der Waals surface area contributed by atoms with Crippen LogP contribution in [0.3, 0.4) is 0 Å². The fourth-order valence-electron chi connectivity index (χ4n) is 3.44. The monoisotopic (exact) mass is 397 g/mol. The van der Waals surface area contributed by atoms with Gasteiger partial charge in [0.1, 0.15) is 5.82 Å². The molecule has 5 nitrogen and oxygen atoms in total. The van der Waals surface area contributed by atoms with Crippen LogP contribution in [0.25, 0.3) is 16.9 Å². The Morgan fingerprint density at radius 2 is 1.73 bits per heavy atom. The third-order valence-electron chi connectivity index (χ3n) is 5.11. The molecule has 0 spiro atoms. The molecule has 0 unspecified atom stereocenters. The average molecular weight is 397 g/mol. The molecule has 0 amide bonds. The lowest BCUT2D eigenvalue weighted by Gasteiger charge is -2.14. The molecule has 0 saturated carbocycles. The van der Waals surface area contributed by atoms with Gasteiger partial charge in [-0.3, -0.25) is 0 Å². The van der Waals surface area contributed by atoms with Gasteiger partial charge < -0.3 is 10.4 Å². The zero-order valence-electron chi connectivity index (χ0n) is 17.0. The second-order valence-corrected chi connectivity index (χ2v) is 7.14. The van der Waals surface area contributed by atoms with E-state index in [1.165, 1.54) is 0 Å². The van der Waals surface area contributed by atoms with Gasteiger partial charge in [0.2, 0.25) is 0 Å². The Balaban J connectivity index is 1.84. The molecule has 0 aliphatic carbocycles. The smallest absolute Gasteiger partial charge is 0.337 e. The highest BCUT2D eigenvalue weighted by Crippen LogP contribution is 2.30. The van der Waals surface area contributed by atoms with Crippen molar-refractivity contribution in [1.29, 1.82) is 0 Å². The summed E-state index contributed by atoms with van der Waals surface area (Å²) in [6, 6.07) is 25.3. The Bertz CT molecular complexity index is 1200. The first-order valence-electron chi connectivity index (χ1n) is 9.91. The summed E-state index contributed by atoms with van der Waals surface area (Å²) >= 11 is 0. The van der Waals surface area contributed by atoms with E-state index in [2.05, 4.69) is 5.32 Å². The summed E-state index contributed by atoms with van der Waals surface area (Å²) in [6.45, 7) is 4.04. The SMILES string of the molecule is CCc1ccc(Nc2cc(-c3ccccc3)nn2-c2ccccc2C)c(C(=O)O)c1. The lowest BCUT2D eigenvalue weighted by molar-refractivity contribution is 0.0698. The molecule has 1 aromatic heterocycles. The van der Waals surface area contributed by atoms with Crippen molar-refractivity contribution >= 4 is 17.5 Å². The number of carbonyl (C=O) groups is 1. The van der Waals surface area contributed by atoms with Crippen LogP contribution in [0.2, 0.25) is 0 Å². The van der Waals surface area contributed by atoms with E-state index >= 15 is 0 Å². The number of benzene rings is 3. The van der Waals surface area contributed by atoms with Crippen LogP contribution in [-0.4, -0.2) is 20.9 Å². The normalized spacial score (nSPS) is 10.7. The fraction of sp³-hybridized carbons (Fsp3) is 0.120. The van der Waals surface area contributed by atoms with Crippen LogP contribution in [0.15, 0.2) is 78.9 Å². The van der Waals surface area contributed by atoms with Gasteiger partial charge >= 0.3 is 5.97 Å². The molecule has 2 N–H and O–H groups in total. The molecule has 0 atom stereocenters. The minimum atomic E-state index is -0.960. The Hall–Kier alpha value is -3.86. The molecule has 0 aliphatic heterocycles. The van der Waals surface area contributed by atoms with E-state index in [4.69, 9.17) is 5.10 Å². The van der Waals surface area contributed by atoms with Crippen molar-refractivity contribution < 1.29 is 9.90 Å². The average Bonchev–Trinajstić information content (AvgIpc) is 3.18. The Kier molecular flexibility index (Phi) is 5.35. The number of rotatable bonds is 6. The van der Waals surface area contributed by atoms with Gasteiger partial charge in [0.05, 0.1) is 22.6 Å². The van der Waals surface area contributed by atoms with Crippen molar-refractivity contribution in [3.8, 4) is 16.9 Å². The summed E-state index contributed by atoms with van der Waals surface area (Å²) < 4.78 is 1.83. The van der Waals surface area contributed by atoms with Gasteiger partial charge in [-0.25, -0.2) is 9.48 Å². The fourth-order valence-corrected chi connectivity index (χ4v) is 3.44. The summed E-state index contributed by atoms with van der Waals surface area (Å²) in [6.07, 6.45) is 0.778. The van der Waals surface area contributed by atoms with Crippen LogP contribution in [0.1, 0.15) is 28.4 Å². The Labute approximate surface area is 175 Å². The van der Waals surface area contributed by atoms with Crippen LogP contribution in [0.4, 0.5) is 11.5 Å². The number of aromatic nitrogens is 2. The van der Waals surface area contributed by atoms with Gasteiger partial charge in [-0.1, -0.05) is 61.5 Å². The van der Waals surface area contributed by atoms with E-state index in [-0.39, 0.29) is 5.56 Å². The zero-order valence-corrected chi connectivity index (χ0v) is 17.0. The summed E-state index contributed by atoms with van der Waals surface area (Å²) in [5.41, 5.74) is 5.57. The molecule has 0 saturated heterocycles. The standard InChI is InChI=1S/C25H23N3O2/c1-3-18-13-14-21(20(15-18)25(29)30)26-24-16-22(19-10-5-4-6-11-19)27-28(24)23-12-8-7-9-17(23)2/h4-16,26H,3H2,1-2H3,(H,29,30). The number of nitrogens with one attached hydrogen (secondary N) is 1. The molecule has 0 aliphatic rings. The Morgan fingerprint density at radius 1 is 1.00 bits per heavy atom. The van der Waals surface area contributed by atoms with E-state index < -0.39 is 5.97 Å². The highest BCUT2D eigenvalue weighted by atomic mass is 16.4. The van der Waals surface area contributed by atoms with Crippen molar-refractivity contribution in [2.75, 3.05) is 5.32 Å². The van der Waals surface area contributed by atoms with Crippen molar-refractivity contribution in [3.63, 3.8) is 0 Å². The van der Waals surface area contributed by atoms with E-state index in [1.54, 1.807) is 6.07 Å². The molecular weight excluding hydrogens is 374 g/mol. The minimum absolute atomic E-state index is 0.244. The first-order chi connectivity index (χ1) is 14.6. The number of carboxylic acids is 1. The lowest BCUT2D eigenvalue weighted by Crippen LogP contribution is -2.08.